The molecule has 0 saturated carbocycles. The summed E-state index contributed by atoms with van der Waals surface area (Å²) in [6.45, 7) is 3.81. The summed E-state index contributed by atoms with van der Waals surface area (Å²) in [5.74, 6) is -0.275. The number of para-hydroxylation sites is 1. The Balaban J connectivity index is 1.62. The summed E-state index contributed by atoms with van der Waals surface area (Å²) in [5, 5.41) is 2.89. The van der Waals surface area contributed by atoms with Gasteiger partial charge in [-0.15, -0.1) is 0 Å². The van der Waals surface area contributed by atoms with E-state index in [9.17, 15) is 13.2 Å². The van der Waals surface area contributed by atoms with E-state index in [1.165, 1.54) is 25.0 Å². The first kappa shape index (κ1) is 19.4. The maximum absolute atomic E-state index is 12.5. The highest BCUT2D eigenvalue weighted by Gasteiger charge is 2.18. The lowest BCUT2D eigenvalue weighted by molar-refractivity contribution is 0.0953. The molecular weight excluding hydrogens is 362 g/mol. The highest BCUT2D eigenvalue weighted by molar-refractivity contribution is 7.92. The topological polar surface area (TPSA) is 78.5 Å². The molecule has 7 heteroatoms. The van der Waals surface area contributed by atoms with E-state index in [0.29, 0.717) is 12.1 Å². The van der Waals surface area contributed by atoms with Crippen LogP contribution in [0.1, 0.15) is 29.6 Å². The van der Waals surface area contributed by atoms with Crippen LogP contribution in [0.3, 0.4) is 0 Å². The molecule has 0 bridgehead atoms. The number of benzene rings is 2. The molecule has 1 aliphatic rings. The van der Waals surface area contributed by atoms with Gasteiger partial charge in [-0.3, -0.25) is 9.52 Å². The van der Waals surface area contributed by atoms with E-state index in [2.05, 4.69) is 14.9 Å². The van der Waals surface area contributed by atoms with Crippen LogP contribution in [0.4, 0.5) is 5.69 Å². The maximum atomic E-state index is 12.5. The molecule has 0 atom stereocenters. The van der Waals surface area contributed by atoms with Gasteiger partial charge in [0, 0.05) is 6.54 Å². The summed E-state index contributed by atoms with van der Waals surface area (Å²) in [7, 11) is -3.74. The van der Waals surface area contributed by atoms with E-state index in [4.69, 9.17) is 0 Å². The van der Waals surface area contributed by atoms with E-state index < -0.39 is 10.0 Å². The van der Waals surface area contributed by atoms with Gasteiger partial charge in [0.15, 0.2) is 0 Å². The van der Waals surface area contributed by atoms with Crippen LogP contribution in [0.25, 0.3) is 0 Å². The smallest absolute Gasteiger partial charge is 0.261 e. The fourth-order valence-corrected chi connectivity index (χ4v) is 4.28. The summed E-state index contributed by atoms with van der Waals surface area (Å²) in [4.78, 5) is 15.1. The zero-order valence-electron chi connectivity index (χ0n) is 15.2. The zero-order valence-corrected chi connectivity index (χ0v) is 16.0. The molecule has 2 aromatic rings. The number of hydrogen-bond acceptors (Lipinski definition) is 4. The summed E-state index contributed by atoms with van der Waals surface area (Å²) in [5.41, 5.74) is 0.594. The number of sulfonamides is 1. The number of amides is 1. The van der Waals surface area contributed by atoms with Gasteiger partial charge in [0.25, 0.3) is 15.9 Å². The predicted octanol–water partition coefficient (Wildman–Crippen LogP) is 2.70. The van der Waals surface area contributed by atoms with Crippen LogP contribution in [0.15, 0.2) is 59.5 Å². The first-order chi connectivity index (χ1) is 13.1. The van der Waals surface area contributed by atoms with E-state index in [1.807, 2.05) is 0 Å². The van der Waals surface area contributed by atoms with E-state index >= 15 is 0 Å². The van der Waals surface area contributed by atoms with Gasteiger partial charge >= 0.3 is 0 Å². The van der Waals surface area contributed by atoms with Crippen LogP contribution in [-0.2, 0) is 10.0 Å². The van der Waals surface area contributed by atoms with Gasteiger partial charge in [-0.2, -0.15) is 0 Å². The third kappa shape index (κ3) is 5.30. The Morgan fingerprint density at radius 1 is 0.963 bits per heavy atom. The minimum atomic E-state index is -3.74. The summed E-state index contributed by atoms with van der Waals surface area (Å²) in [6.07, 6.45) is 3.38. The Hall–Kier alpha value is -2.38. The van der Waals surface area contributed by atoms with Crippen molar-refractivity contribution in [1.29, 1.82) is 0 Å². The maximum Gasteiger partial charge on any atom is 0.261 e. The van der Waals surface area contributed by atoms with Gasteiger partial charge < -0.3 is 10.2 Å². The lowest BCUT2D eigenvalue weighted by Crippen LogP contribution is -2.29. The van der Waals surface area contributed by atoms with Crippen LogP contribution in [0.5, 0.6) is 0 Å². The zero-order chi connectivity index (χ0) is 19.1. The molecule has 2 aromatic carbocycles. The fourth-order valence-electron chi connectivity index (χ4n) is 3.18. The minimum Gasteiger partial charge on any atom is -0.352 e. The van der Waals surface area contributed by atoms with Gasteiger partial charge in [0.05, 0.1) is 16.1 Å². The summed E-state index contributed by atoms with van der Waals surface area (Å²) in [6, 6.07) is 14.8. The summed E-state index contributed by atoms with van der Waals surface area (Å²) < 4.78 is 27.6. The fraction of sp³-hybridized carbons (Fsp3) is 0.350. The van der Waals surface area contributed by atoms with Crippen molar-refractivity contribution in [3.05, 3.63) is 60.2 Å². The van der Waals surface area contributed by atoms with Crippen molar-refractivity contribution in [1.82, 2.24) is 10.2 Å². The molecule has 0 spiro atoms. The van der Waals surface area contributed by atoms with Gasteiger partial charge in [0.1, 0.15) is 0 Å². The van der Waals surface area contributed by atoms with E-state index in [-0.39, 0.29) is 16.5 Å². The van der Waals surface area contributed by atoms with Gasteiger partial charge in [0.2, 0.25) is 0 Å². The molecule has 3 rings (SSSR count). The van der Waals surface area contributed by atoms with Crippen molar-refractivity contribution < 1.29 is 13.2 Å². The molecule has 0 aromatic heterocycles. The summed E-state index contributed by atoms with van der Waals surface area (Å²) >= 11 is 0. The second-order valence-electron chi connectivity index (χ2n) is 6.62. The molecule has 144 valence electrons. The lowest BCUT2D eigenvalue weighted by atomic mass is 10.1. The standard InChI is InChI=1S/C20H25N3O3S/c24-20(21-13-8-16-23-14-6-7-15-23)18-11-4-5-12-19(18)22-27(25,26)17-9-2-1-3-10-17/h1-5,9-12,22H,6-8,13-16H2,(H,21,24). The van der Waals surface area contributed by atoms with Crippen molar-refractivity contribution >= 4 is 21.6 Å². The molecule has 1 heterocycles. The molecular formula is C20H25N3O3S. The molecule has 2 N–H and O–H groups in total. The Kier molecular flexibility index (Phi) is 6.47. The first-order valence-corrected chi connectivity index (χ1v) is 10.7. The van der Waals surface area contributed by atoms with Gasteiger partial charge in [-0.1, -0.05) is 30.3 Å². The number of likely N-dealkylation sites (tertiary alicyclic amines) is 1. The normalized spacial score (nSPS) is 14.8. The largest absolute Gasteiger partial charge is 0.352 e. The second-order valence-corrected chi connectivity index (χ2v) is 8.30. The van der Waals surface area contributed by atoms with Crippen molar-refractivity contribution in [3.8, 4) is 0 Å². The molecule has 6 nitrogen and oxygen atoms in total. The van der Waals surface area contributed by atoms with Crippen LogP contribution >= 0.6 is 0 Å². The van der Waals surface area contributed by atoms with Crippen LogP contribution in [0.2, 0.25) is 0 Å². The predicted molar refractivity (Wildman–Crippen MR) is 106 cm³/mol. The lowest BCUT2D eigenvalue weighted by Gasteiger charge is -2.15. The second kappa shape index (κ2) is 9.01. The number of carbonyl (C=O) groups excluding carboxylic acids is 1. The van der Waals surface area contributed by atoms with Crippen molar-refractivity contribution in [2.24, 2.45) is 0 Å². The third-order valence-electron chi connectivity index (χ3n) is 4.60. The monoisotopic (exact) mass is 387 g/mol. The van der Waals surface area contributed by atoms with Crippen molar-refractivity contribution in [3.63, 3.8) is 0 Å². The van der Waals surface area contributed by atoms with E-state index in [0.717, 1.165) is 26.1 Å². The molecule has 0 radical (unpaired) electrons. The number of carbonyl (C=O) groups is 1. The van der Waals surface area contributed by atoms with Gasteiger partial charge in [-0.25, -0.2) is 8.42 Å². The highest BCUT2D eigenvalue weighted by Crippen LogP contribution is 2.20. The van der Waals surface area contributed by atoms with Crippen molar-refractivity contribution in [2.45, 2.75) is 24.2 Å². The Bertz CT molecular complexity index is 863. The number of nitrogens with zero attached hydrogens (tertiary/aromatic N) is 1. The average molecular weight is 388 g/mol. The Morgan fingerprint density at radius 3 is 2.37 bits per heavy atom. The minimum absolute atomic E-state index is 0.158. The van der Waals surface area contributed by atoms with Crippen molar-refractivity contribution in [2.75, 3.05) is 30.9 Å². The molecule has 1 amide bonds. The Labute approximate surface area is 160 Å². The molecule has 0 aliphatic carbocycles. The quantitative estimate of drug-likeness (QED) is 0.683. The molecule has 1 saturated heterocycles. The van der Waals surface area contributed by atoms with E-state index in [1.54, 1.807) is 42.5 Å². The molecule has 0 unspecified atom stereocenters. The molecule has 27 heavy (non-hydrogen) atoms. The SMILES string of the molecule is O=C(NCCCN1CCCC1)c1ccccc1NS(=O)(=O)c1ccccc1. The average Bonchev–Trinajstić information content (AvgIpc) is 3.19. The first-order valence-electron chi connectivity index (χ1n) is 9.24. The van der Waals surface area contributed by atoms with Crippen LogP contribution < -0.4 is 10.0 Å². The number of rotatable bonds is 8. The van der Waals surface area contributed by atoms with Crippen LogP contribution in [-0.4, -0.2) is 45.4 Å². The van der Waals surface area contributed by atoms with Crippen LogP contribution in [0, 0.1) is 0 Å². The number of nitrogens with one attached hydrogen (secondary N) is 2. The third-order valence-corrected chi connectivity index (χ3v) is 5.99. The number of anilines is 1. The molecule has 1 aliphatic heterocycles. The molecule has 1 fully saturated rings. The highest BCUT2D eigenvalue weighted by atomic mass is 32.2. The van der Waals surface area contributed by atoms with Gasteiger partial charge in [-0.05, 0) is 63.2 Å². The number of hydrogen-bond donors (Lipinski definition) is 2. The Morgan fingerprint density at radius 2 is 1.63 bits per heavy atom.